The normalized spacial score (nSPS) is 21.3. The maximum absolute atomic E-state index is 10.9. The zero-order chi connectivity index (χ0) is 14.2. The van der Waals surface area contributed by atoms with Crippen molar-refractivity contribution in [3.8, 4) is 0 Å². The number of aromatic nitrogens is 1. The molecule has 0 atom stereocenters. The van der Waals surface area contributed by atoms with E-state index in [4.69, 9.17) is 20.3 Å². The molecule has 1 spiro atoms. The molecular formula is C13H17N3O4. The molecule has 1 aromatic heterocycles. The number of anilines is 2. The zero-order valence-electron chi connectivity index (χ0n) is 11.0. The summed E-state index contributed by atoms with van der Waals surface area (Å²) >= 11 is 0. The van der Waals surface area contributed by atoms with Crippen LogP contribution in [0.2, 0.25) is 0 Å². The Morgan fingerprint density at radius 3 is 2.55 bits per heavy atom. The van der Waals surface area contributed by atoms with E-state index in [0.29, 0.717) is 24.7 Å². The molecule has 3 rings (SSSR count). The van der Waals surface area contributed by atoms with Crippen LogP contribution in [-0.4, -0.2) is 48.2 Å². The van der Waals surface area contributed by atoms with E-state index < -0.39 is 11.8 Å². The van der Waals surface area contributed by atoms with Crippen molar-refractivity contribution in [1.29, 1.82) is 0 Å². The number of carbonyl (C=O) groups is 1. The zero-order valence-corrected chi connectivity index (χ0v) is 11.0. The third kappa shape index (κ3) is 2.30. The first-order valence-corrected chi connectivity index (χ1v) is 6.61. The first kappa shape index (κ1) is 13.1. The van der Waals surface area contributed by atoms with Gasteiger partial charge in [-0.1, -0.05) is 0 Å². The van der Waals surface area contributed by atoms with E-state index in [1.165, 1.54) is 12.3 Å². The van der Waals surface area contributed by atoms with Crippen LogP contribution in [0.1, 0.15) is 23.2 Å². The van der Waals surface area contributed by atoms with E-state index in [-0.39, 0.29) is 5.56 Å². The maximum atomic E-state index is 10.9. The van der Waals surface area contributed by atoms with E-state index in [2.05, 4.69) is 4.98 Å². The first-order valence-electron chi connectivity index (χ1n) is 6.61. The highest BCUT2D eigenvalue weighted by Gasteiger charge is 2.40. The number of carboxylic acids is 1. The largest absolute Gasteiger partial charge is 0.478 e. The first-order chi connectivity index (χ1) is 9.60. The number of carboxylic acid groups (broad SMARTS) is 1. The topological polar surface area (TPSA) is 97.9 Å². The van der Waals surface area contributed by atoms with Crippen LogP contribution in [0.15, 0.2) is 12.3 Å². The molecule has 3 heterocycles. The van der Waals surface area contributed by atoms with E-state index in [1.807, 2.05) is 4.90 Å². The molecule has 2 saturated heterocycles. The number of ether oxygens (including phenoxy) is 2. The Morgan fingerprint density at radius 1 is 1.35 bits per heavy atom. The molecule has 108 valence electrons. The van der Waals surface area contributed by atoms with Crippen LogP contribution in [0.25, 0.3) is 0 Å². The van der Waals surface area contributed by atoms with Gasteiger partial charge in [-0.05, 0) is 6.07 Å². The summed E-state index contributed by atoms with van der Waals surface area (Å²) in [6, 6.07) is 1.44. The predicted molar refractivity (Wildman–Crippen MR) is 71.7 cm³/mol. The molecule has 0 bridgehead atoms. The van der Waals surface area contributed by atoms with Crippen LogP contribution >= 0.6 is 0 Å². The second kappa shape index (κ2) is 4.92. The predicted octanol–water partition coefficient (Wildman–Crippen LogP) is 0.705. The Morgan fingerprint density at radius 2 is 2.00 bits per heavy atom. The molecular weight excluding hydrogens is 262 g/mol. The van der Waals surface area contributed by atoms with Crippen LogP contribution in [0.3, 0.4) is 0 Å². The maximum Gasteiger partial charge on any atom is 0.337 e. The van der Waals surface area contributed by atoms with Gasteiger partial charge in [0.2, 0.25) is 0 Å². The summed E-state index contributed by atoms with van der Waals surface area (Å²) in [6.45, 7) is 2.74. The number of nitrogen functional groups attached to an aromatic ring is 1. The lowest BCUT2D eigenvalue weighted by Crippen LogP contribution is -2.45. The Kier molecular flexibility index (Phi) is 3.23. The minimum Gasteiger partial charge on any atom is -0.478 e. The second-order valence-electron chi connectivity index (χ2n) is 5.04. The van der Waals surface area contributed by atoms with Crippen molar-refractivity contribution in [2.24, 2.45) is 0 Å². The highest BCUT2D eigenvalue weighted by molar-refractivity contribution is 5.89. The summed E-state index contributed by atoms with van der Waals surface area (Å²) in [7, 11) is 0. The molecule has 0 radical (unpaired) electrons. The van der Waals surface area contributed by atoms with Crippen molar-refractivity contribution in [2.75, 3.05) is 36.9 Å². The molecule has 20 heavy (non-hydrogen) atoms. The fourth-order valence-corrected chi connectivity index (χ4v) is 2.70. The molecule has 0 amide bonds. The van der Waals surface area contributed by atoms with Gasteiger partial charge in [0.15, 0.2) is 11.6 Å². The molecule has 2 aliphatic heterocycles. The summed E-state index contributed by atoms with van der Waals surface area (Å²) < 4.78 is 11.3. The van der Waals surface area contributed by atoms with Gasteiger partial charge in [0.05, 0.1) is 24.5 Å². The minimum absolute atomic E-state index is 0.0992. The van der Waals surface area contributed by atoms with Crippen LogP contribution < -0.4 is 10.6 Å². The van der Waals surface area contributed by atoms with Crippen molar-refractivity contribution in [1.82, 2.24) is 4.98 Å². The smallest absolute Gasteiger partial charge is 0.337 e. The van der Waals surface area contributed by atoms with E-state index in [1.54, 1.807) is 0 Å². The summed E-state index contributed by atoms with van der Waals surface area (Å²) in [5.74, 6) is -0.837. The van der Waals surface area contributed by atoms with E-state index in [0.717, 1.165) is 25.9 Å². The average molecular weight is 279 g/mol. The van der Waals surface area contributed by atoms with Gasteiger partial charge >= 0.3 is 5.97 Å². The lowest BCUT2D eigenvalue weighted by molar-refractivity contribution is -0.169. The number of pyridine rings is 1. The van der Waals surface area contributed by atoms with Gasteiger partial charge < -0.3 is 25.2 Å². The van der Waals surface area contributed by atoms with Gasteiger partial charge in [-0.2, -0.15) is 0 Å². The average Bonchev–Trinajstić information content (AvgIpc) is 2.88. The van der Waals surface area contributed by atoms with Gasteiger partial charge in [-0.15, -0.1) is 0 Å². The Bertz CT molecular complexity index is 518. The number of rotatable bonds is 2. The molecule has 0 aromatic carbocycles. The molecule has 3 N–H and O–H groups in total. The molecule has 0 unspecified atom stereocenters. The Labute approximate surface area is 116 Å². The molecule has 0 saturated carbocycles. The molecule has 7 nitrogen and oxygen atoms in total. The summed E-state index contributed by atoms with van der Waals surface area (Å²) in [5, 5.41) is 8.91. The molecule has 1 aromatic rings. The SMILES string of the molecule is Nc1cc(C(=O)O)cnc1N1CCC2(CC1)OCCO2. The van der Waals surface area contributed by atoms with Crippen LogP contribution in [0, 0.1) is 0 Å². The summed E-state index contributed by atoms with van der Waals surface area (Å²) in [5.41, 5.74) is 6.39. The van der Waals surface area contributed by atoms with Gasteiger partial charge in [0.1, 0.15) is 0 Å². The summed E-state index contributed by atoms with van der Waals surface area (Å²) in [4.78, 5) is 17.1. The Balaban J connectivity index is 1.73. The van der Waals surface area contributed by atoms with Gasteiger partial charge in [0, 0.05) is 32.1 Å². The highest BCUT2D eigenvalue weighted by atomic mass is 16.7. The number of hydrogen-bond donors (Lipinski definition) is 2. The fraction of sp³-hybridized carbons (Fsp3) is 0.538. The van der Waals surface area contributed by atoms with Crippen LogP contribution in [0.4, 0.5) is 11.5 Å². The molecule has 2 fully saturated rings. The van der Waals surface area contributed by atoms with Crippen molar-refractivity contribution in [3.63, 3.8) is 0 Å². The van der Waals surface area contributed by atoms with Crippen molar-refractivity contribution < 1.29 is 19.4 Å². The van der Waals surface area contributed by atoms with Crippen molar-refractivity contribution in [2.45, 2.75) is 18.6 Å². The standard InChI is InChI=1S/C13H17N3O4/c14-10-7-9(12(17)18)8-15-11(10)16-3-1-13(2-4-16)19-5-6-20-13/h7-8H,1-6,14H2,(H,17,18). The minimum atomic E-state index is -1.03. The van der Waals surface area contributed by atoms with Gasteiger partial charge in [0.25, 0.3) is 0 Å². The second-order valence-corrected chi connectivity index (χ2v) is 5.04. The number of aromatic carboxylic acids is 1. The number of nitrogens with zero attached hydrogens (tertiary/aromatic N) is 2. The van der Waals surface area contributed by atoms with Crippen LogP contribution in [-0.2, 0) is 9.47 Å². The molecule has 0 aliphatic carbocycles. The van der Waals surface area contributed by atoms with Crippen molar-refractivity contribution in [3.05, 3.63) is 17.8 Å². The fourth-order valence-electron chi connectivity index (χ4n) is 2.70. The summed E-state index contributed by atoms with van der Waals surface area (Å²) in [6.07, 6.45) is 2.85. The molecule has 7 heteroatoms. The van der Waals surface area contributed by atoms with E-state index in [9.17, 15) is 4.79 Å². The monoisotopic (exact) mass is 279 g/mol. The third-order valence-electron chi connectivity index (χ3n) is 3.78. The number of piperidine rings is 1. The van der Waals surface area contributed by atoms with Crippen molar-refractivity contribution >= 4 is 17.5 Å². The van der Waals surface area contributed by atoms with Crippen LogP contribution in [0.5, 0.6) is 0 Å². The lowest BCUT2D eigenvalue weighted by Gasteiger charge is -2.38. The van der Waals surface area contributed by atoms with E-state index >= 15 is 0 Å². The quantitative estimate of drug-likeness (QED) is 0.822. The number of hydrogen-bond acceptors (Lipinski definition) is 6. The third-order valence-corrected chi connectivity index (χ3v) is 3.78. The highest BCUT2D eigenvalue weighted by Crippen LogP contribution is 2.34. The lowest BCUT2D eigenvalue weighted by atomic mass is 10.0. The molecule has 2 aliphatic rings. The number of nitrogens with two attached hydrogens (primary N) is 1. The Hall–Kier alpha value is -1.86. The van der Waals surface area contributed by atoms with Gasteiger partial charge in [-0.25, -0.2) is 9.78 Å². The van der Waals surface area contributed by atoms with Gasteiger partial charge in [-0.3, -0.25) is 0 Å².